The fraction of sp³-hybridized carbons (Fsp3) is 0.176. The summed E-state index contributed by atoms with van der Waals surface area (Å²) in [5, 5.41) is 12.8. The summed E-state index contributed by atoms with van der Waals surface area (Å²) in [7, 11) is 0. The van der Waals surface area contributed by atoms with E-state index in [4.69, 9.17) is 10.3 Å². The second kappa shape index (κ2) is 9.04. The van der Waals surface area contributed by atoms with Crippen molar-refractivity contribution in [1.29, 1.82) is 0 Å². The molecule has 1 aromatic carbocycles. The Morgan fingerprint density at radius 1 is 1.21 bits per heavy atom. The zero-order valence-electron chi connectivity index (χ0n) is 14.6. The van der Waals surface area contributed by atoms with E-state index in [1.165, 1.54) is 17.0 Å². The molecule has 0 spiro atoms. The third-order valence-corrected chi connectivity index (χ3v) is 4.57. The van der Waals surface area contributed by atoms with Crippen LogP contribution in [-0.2, 0) is 17.8 Å². The van der Waals surface area contributed by atoms with Crippen LogP contribution in [-0.4, -0.2) is 32.6 Å². The number of nitrogens with zero attached hydrogens (tertiary/aromatic N) is 3. The Labute approximate surface area is 163 Å². The molecule has 2 aromatic heterocycles. The van der Waals surface area contributed by atoms with E-state index < -0.39 is 11.9 Å². The molecule has 146 valence electrons. The Balaban J connectivity index is 1.48. The topological polar surface area (TPSA) is 128 Å². The summed E-state index contributed by atoms with van der Waals surface area (Å²) in [6.45, 7) is 0.162. The Morgan fingerprint density at radius 3 is 2.79 bits per heavy atom. The smallest absolute Gasteiger partial charge is 0.321 e. The van der Waals surface area contributed by atoms with Crippen molar-refractivity contribution < 1.29 is 18.4 Å². The third-order valence-electron chi connectivity index (χ3n) is 3.63. The number of aromatic nitrogens is 3. The number of carbonyl (C=O) groups excluding carboxylic acids is 2. The highest BCUT2D eigenvalue weighted by atomic mass is 32.2. The van der Waals surface area contributed by atoms with Gasteiger partial charge in [0, 0.05) is 6.42 Å². The summed E-state index contributed by atoms with van der Waals surface area (Å²) >= 11 is 1.01. The molecule has 2 heterocycles. The van der Waals surface area contributed by atoms with Crippen molar-refractivity contribution in [2.75, 3.05) is 11.6 Å². The first-order valence-electron chi connectivity index (χ1n) is 8.18. The lowest BCUT2D eigenvalue weighted by Gasteiger charge is -2.06. The molecule has 0 aliphatic heterocycles. The number of halogens is 1. The lowest BCUT2D eigenvalue weighted by Crippen LogP contribution is -2.39. The molecular weight excluding hydrogens is 387 g/mol. The van der Waals surface area contributed by atoms with Crippen molar-refractivity contribution in [2.24, 2.45) is 0 Å². The fourth-order valence-corrected chi connectivity index (χ4v) is 2.93. The Bertz CT molecular complexity index is 960. The van der Waals surface area contributed by atoms with Gasteiger partial charge in [0.15, 0.2) is 5.82 Å². The van der Waals surface area contributed by atoms with Crippen molar-refractivity contribution in [3.63, 3.8) is 0 Å². The molecule has 0 aliphatic carbocycles. The van der Waals surface area contributed by atoms with E-state index in [0.717, 1.165) is 11.8 Å². The highest BCUT2D eigenvalue weighted by molar-refractivity contribution is 7.99. The average Bonchev–Trinajstić information content (AvgIpc) is 3.31. The zero-order chi connectivity index (χ0) is 19.9. The maximum absolute atomic E-state index is 13.7. The van der Waals surface area contributed by atoms with Crippen molar-refractivity contribution in [2.45, 2.75) is 18.1 Å². The van der Waals surface area contributed by atoms with Gasteiger partial charge >= 0.3 is 6.03 Å². The Hall–Kier alpha value is -3.34. The van der Waals surface area contributed by atoms with E-state index in [1.54, 1.807) is 30.3 Å². The zero-order valence-corrected chi connectivity index (χ0v) is 15.4. The number of nitrogens with two attached hydrogens (primary N) is 1. The van der Waals surface area contributed by atoms with E-state index in [2.05, 4.69) is 20.8 Å². The minimum Gasteiger partial charge on any atom is -0.467 e. The summed E-state index contributed by atoms with van der Waals surface area (Å²) in [5.74, 6) is 5.85. The first-order valence-corrected chi connectivity index (χ1v) is 9.17. The van der Waals surface area contributed by atoms with Crippen molar-refractivity contribution in [3.05, 3.63) is 65.6 Å². The van der Waals surface area contributed by atoms with Gasteiger partial charge in [-0.2, -0.15) is 0 Å². The van der Waals surface area contributed by atoms with Crippen LogP contribution in [0.1, 0.15) is 17.1 Å². The summed E-state index contributed by atoms with van der Waals surface area (Å²) in [6.07, 6.45) is 1.65. The van der Waals surface area contributed by atoms with Crippen LogP contribution in [0.25, 0.3) is 0 Å². The van der Waals surface area contributed by atoms with Crippen LogP contribution in [0.4, 0.5) is 9.18 Å². The number of nitrogen functional groups attached to an aromatic ring is 1. The van der Waals surface area contributed by atoms with Gasteiger partial charge in [0.2, 0.25) is 11.1 Å². The van der Waals surface area contributed by atoms with Crippen LogP contribution in [0.5, 0.6) is 0 Å². The first kappa shape index (κ1) is 19.4. The number of carbonyl (C=O) groups is 2. The summed E-state index contributed by atoms with van der Waals surface area (Å²) < 4.78 is 20.0. The molecule has 0 unspecified atom stereocenters. The van der Waals surface area contributed by atoms with Gasteiger partial charge in [-0.05, 0) is 23.8 Å². The van der Waals surface area contributed by atoms with Gasteiger partial charge in [0.25, 0.3) is 0 Å². The molecule has 9 nitrogen and oxygen atoms in total. The highest BCUT2D eigenvalue weighted by Gasteiger charge is 2.15. The number of amides is 3. The van der Waals surface area contributed by atoms with Crippen LogP contribution < -0.4 is 16.5 Å². The average molecular weight is 404 g/mol. The Kier molecular flexibility index (Phi) is 6.27. The predicted octanol–water partition coefficient (Wildman–Crippen LogP) is 1.43. The number of urea groups is 1. The van der Waals surface area contributed by atoms with E-state index in [9.17, 15) is 14.0 Å². The fourth-order valence-electron chi connectivity index (χ4n) is 2.26. The third kappa shape index (κ3) is 5.10. The van der Waals surface area contributed by atoms with E-state index in [1.807, 2.05) is 0 Å². The Morgan fingerprint density at radius 2 is 2.04 bits per heavy atom. The molecule has 3 aromatic rings. The summed E-state index contributed by atoms with van der Waals surface area (Å²) in [5.41, 5.74) is 0.434. The molecule has 0 aliphatic rings. The number of rotatable bonds is 7. The number of hydrogen-bond acceptors (Lipinski definition) is 7. The predicted molar refractivity (Wildman–Crippen MR) is 99.2 cm³/mol. The molecule has 3 rings (SSSR count). The summed E-state index contributed by atoms with van der Waals surface area (Å²) in [4.78, 5) is 23.6. The molecule has 0 saturated heterocycles. The molecule has 3 amide bonds. The lowest BCUT2D eigenvalue weighted by molar-refractivity contribution is -0.117. The van der Waals surface area contributed by atoms with E-state index in [0.29, 0.717) is 17.1 Å². The lowest BCUT2D eigenvalue weighted by atomic mass is 10.1. The van der Waals surface area contributed by atoms with E-state index >= 15 is 0 Å². The van der Waals surface area contributed by atoms with Crippen molar-refractivity contribution >= 4 is 23.7 Å². The molecule has 0 saturated carbocycles. The van der Waals surface area contributed by atoms with Gasteiger partial charge in [-0.25, -0.2) is 13.9 Å². The molecule has 0 radical (unpaired) electrons. The quantitative estimate of drug-likeness (QED) is 0.401. The number of furan rings is 1. The van der Waals surface area contributed by atoms with Crippen LogP contribution in [0.2, 0.25) is 0 Å². The maximum atomic E-state index is 13.7. The van der Waals surface area contributed by atoms with Gasteiger partial charge in [-0.15, -0.1) is 10.2 Å². The highest BCUT2D eigenvalue weighted by Crippen LogP contribution is 2.17. The van der Waals surface area contributed by atoms with E-state index in [-0.39, 0.29) is 29.7 Å². The monoisotopic (exact) mass is 404 g/mol. The normalized spacial score (nSPS) is 10.6. The molecule has 4 N–H and O–H groups in total. The van der Waals surface area contributed by atoms with Gasteiger partial charge in [0.1, 0.15) is 11.6 Å². The minimum absolute atomic E-state index is 0.0940. The summed E-state index contributed by atoms with van der Waals surface area (Å²) in [6, 6.07) is 9.04. The number of benzene rings is 1. The van der Waals surface area contributed by atoms with Gasteiger partial charge < -0.3 is 15.6 Å². The minimum atomic E-state index is -0.642. The maximum Gasteiger partial charge on any atom is 0.321 e. The molecule has 28 heavy (non-hydrogen) atoms. The van der Waals surface area contributed by atoms with Gasteiger partial charge in [-0.3, -0.25) is 10.1 Å². The molecular formula is C17H17FN6O3S. The number of imide groups is 1. The van der Waals surface area contributed by atoms with Crippen LogP contribution in [0, 0.1) is 5.82 Å². The van der Waals surface area contributed by atoms with Crippen molar-refractivity contribution in [3.8, 4) is 0 Å². The van der Waals surface area contributed by atoms with Gasteiger partial charge in [0.05, 0.1) is 18.6 Å². The molecule has 0 fully saturated rings. The van der Waals surface area contributed by atoms with Crippen LogP contribution in [0.15, 0.2) is 52.2 Å². The molecule has 0 atom stereocenters. The van der Waals surface area contributed by atoms with Crippen LogP contribution >= 0.6 is 11.8 Å². The number of nitrogens with one attached hydrogen (secondary N) is 2. The van der Waals surface area contributed by atoms with Crippen LogP contribution in [0.3, 0.4) is 0 Å². The largest absolute Gasteiger partial charge is 0.467 e. The van der Waals surface area contributed by atoms with Gasteiger partial charge in [-0.1, -0.05) is 30.0 Å². The molecule has 0 bridgehead atoms. The standard InChI is InChI=1S/C17H17FN6O3S/c18-13-6-2-1-4-11(13)8-14-22-23-17(24(14)19)28-10-15(25)21-16(26)20-9-12-5-3-7-27-12/h1-7H,8-10,19H2,(H2,20,21,25,26). The molecule has 11 heteroatoms. The first-order chi connectivity index (χ1) is 13.5. The second-order valence-electron chi connectivity index (χ2n) is 5.64. The van der Waals surface area contributed by atoms with Crippen molar-refractivity contribution in [1.82, 2.24) is 25.5 Å². The second-order valence-corrected chi connectivity index (χ2v) is 6.58. The number of hydrogen-bond donors (Lipinski definition) is 3. The number of thioether (sulfide) groups is 1. The SMILES string of the molecule is Nn1c(Cc2ccccc2F)nnc1SCC(=O)NC(=O)NCc1ccco1.